The molecular weight excluding hydrogens is 349 g/mol. The summed E-state index contributed by atoms with van der Waals surface area (Å²) in [5.74, 6) is 0.899. The van der Waals surface area contributed by atoms with Gasteiger partial charge in [0.1, 0.15) is 30.5 Å². The van der Waals surface area contributed by atoms with Gasteiger partial charge in [-0.1, -0.05) is 0 Å². The normalized spacial score (nSPS) is 16.1. The van der Waals surface area contributed by atoms with E-state index in [4.69, 9.17) is 14.2 Å². The molecule has 0 N–H and O–H groups in total. The van der Waals surface area contributed by atoms with E-state index in [0.717, 1.165) is 25.2 Å². The maximum Gasteiger partial charge on any atom is 0.253 e. The molecule has 144 valence electrons. The summed E-state index contributed by atoms with van der Waals surface area (Å²) in [6.07, 6.45) is 2.28. The minimum absolute atomic E-state index is 0.0941. The molecule has 5 nitrogen and oxygen atoms in total. The molecule has 0 spiro atoms. The summed E-state index contributed by atoms with van der Waals surface area (Å²) in [6.45, 7) is 2.09. The van der Waals surface area contributed by atoms with Crippen LogP contribution in [0.25, 0.3) is 0 Å². The van der Waals surface area contributed by atoms with E-state index >= 15 is 0 Å². The molecule has 2 aromatic carbocycles. The Labute approximate surface area is 158 Å². The zero-order valence-electron chi connectivity index (χ0n) is 15.4. The standard InChI is InChI=1S/C21H24FNO4/c1-23(12-14-26-18-10-6-17(22)7-11-18)21(24)16-4-8-19(9-5-16)27-15-20-3-2-13-25-20/h4-11,20H,2-3,12-15H2,1H3. The van der Waals surface area contributed by atoms with Gasteiger partial charge in [-0.2, -0.15) is 0 Å². The Hall–Kier alpha value is -2.60. The van der Waals surface area contributed by atoms with Gasteiger partial charge in [-0.05, 0) is 61.4 Å². The predicted octanol–water partition coefficient (Wildman–Crippen LogP) is 3.53. The van der Waals surface area contributed by atoms with Crippen LogP contribution in [-0.4, -0.2) is 50.3 Å². The highest BCUT2D eigenvalue weighted by Crippen LogP contribution is 2.17. The van der Waals surface area contributed by atoms with Crippen molar-refractivity contribution in [3.8, 4) is 11.5 Å². The second-order valence-electron chi connectivity index (χ2n) is 6.50. The molecule has 0 aliphatic carbocycles. The summed E-state index contributed by atoms with van der Waals surface area (Å²) in [7, 11) is 1.72. The third-order valence-corrected chi connectivity index (χ3v) is 4.42. The van der Waals surface area contributed by atoms with E-state index in [9.17, 15) is 9.18 Å². The van der Waals surface area contributed by atoms with Gasteiger partial charge in [0, 0.05) is 19.2 Å². The Kier molecular flexibility index (Phi) is 6.65. The summed E-state index contributed by atoms with van der Waals surface area (Å²) in [5, 5.41) is 0. The first-order valence-electron chi connectivity index (χ1n) is 9.10. The number of rotatable bonds is 8. The number of halogens is 1. The number of carbonyl (C=O) groups is 1. The number of likely N-dealkylation sites (N-methyl/N-ethyl adjacent to an activating group) is 1. The van der Waals surface area contributed by atoms with Crippen LogP contribution in [0.2, 0.25) is 0 Å². The average molecular weight is 373 g/mol. The average Bonchev–Trinajstić information content (AvgIpc) is 3.21. The first-order chi connectivity index (χ1) is 13.1. The van der Waals surface area contributed by atoms with Crippen LogP contribution in [-0.2, 0) is 4.74 Å². The SMILES string of the molecule is CN(CCOc1ccc(F)cc1)C(=O)c1ccc(OCC2CCCO2)cc1. The molecule has 2 aromatic rings. The molecule has 1 amide bonds. The second kappa shape index (κ2) is 9.37. The molecule has 1 saturated heterocycles. The van der Waals surface area contributed by atoms with Gasteiger partial charge in [0.05, 0.1) is 12.6 Å². The lowest BCUT2D eigenvalue weighted by Crippen LogP contribution is -2.30. The maximum atomic E-state index is 12.9. The van der Waals surface area contributed by atoms with E-state index in [-0.39, 0.29) is 17.8 Å². The molecule has 3 rings (SSSR count). The lowest BCUT2D eigenvalue weighted by molar-refractivity contribution is 0.0679. The van der Waals surface area contributed by atoms with Crippen LogP contribution in [0.3, 0.4) is 0 Å². The topological polar surface area (TPSA) is 48.0 Å². The Balaban J connectivity index is 1.43. The minimum Gasteiger partial charge on any atom is -0.492 e. The Morgan fingerprint density at radius 2 is 1.78 bits per heavy atom. The fourth-order valence-corrected chi connectivity index (χ4v) is 2.81. The summed E-state index contributed by atoms with van der Waals surface area (Å²) < 4.78 is 29.6. The summed E-state index contributed by atoms with van der Waals surface area (Å²) >= 11 is 0. The number of ether oxygens (including phenoxy) is 3. The summed E-state index contributed by atoms with van der Waals surface area (Å²) in [6, 6.07) is 12.9. The van der Waals surface area contributed by atoms with Crippen molar-refractivity contribution in [1.29, 1.82) is 0 Å². The first-order valence-corrected chi connectivity index (χ1v) is 9.10. The van der Waals surface area contributed by atoms with Crippen LogP contribution in [0.5, 0.6) is 11.5 Å². The molecule has 1 heterocycles. The zero-order chi connectivity index (χ0) is 19.1. The Morgan fingerprint density at radius 3 is 2.44 bits per heavy atom. The van der Waals surface area contributed by atoms with Crippen LogP contribution in [0.15, 0.2) is 48.5 Å². The second-order valence-corrected chi connectivity index (χ2v) is 6.50. The van der Waals surface area contributed by atoms with Crippen LogP contribution in [0.1, 0.15) is 23.2 Å². The van der Waals surface area contributed by atoms with E-state index < -0.39 is 0 Å². The summed E-state index contributed by atoms with van der Waals surface area (Å²) in [5.41, 5.74) is 0.587. The highest BCUT2D eigenvalue weighted by molar-refractivity contribution is 5.94. The van der Waals surface area contributed by atoms with Crippen molar-refractivity contribution < 1.29 is 23.4 Å². The molecule has 27 heavy (non-hydrogen) atoms. The van der Waals surface area contributed by atoms with Gasteiger partial charge in [0.15, 0.2) is 0 Å². The van der Waals surface area contributed by atoms with Crippen molar-refractivity contribution in [2.45, 2.75) is 18.9 Å². The fourth-order valence-electron chi connectivity index (χ4n) is 2.81. The Morgan fingerprint density at radius 1 is 1.11 bits per heavy atom. The molecule has 0 bridgehead atoms. The molecule has 6 heteroatoms. The Bertz CT molecular complexity index is 727. The lowest BCUT2D eigenvalue weighted by atomic mass is 10.2. The number of benzene rings is 2. The van der Waals surface area contributed by atoms with E-state index in [1.54, 1.807) is 48.3 Å². The largest absolute Gasteiger partial charge is 0.492 e. The van der Waals surface area contributed by atoms with E-state index in [2.05, 4.69) is 0 Å². The molecular formula is C21H24FNO4. The van der Waals surface area contributed by atoms with E-state index in [0.29, 0.717) is 31.1 Å². The molecule has 1 unspecified atom stereocenters. The third-order valence-electron chi connectivity index (χ3n) is 4.42. The van der Waals surface area contributed by atoms with Gasteiger partial charge in [-0.3, -0.25) is 4.79 Å². The van der Waals surface area contributed by atoms with Gasteiger partial charge in [0.25, 0.3) is 5.91 Å². The van der Waals surface area contributed by atoms with Crippen LogP contribution >= 0.6 is 0 Å². The van der Waals surface area contributed by atoms with Crippen molar-refractivity contribution in [3.63, 3.8) is 0 Å². The predicted molar refractivity (Wildman–Crippen MR) is 99.8 cm³/mol. The number of nitrogens with zero attached hydrogens (tertiary/aromatic N) is 1. The van der Waals surface area contributed by atoms with Crippen molar-refractivity contribution in [2.24, 2.45) is 0 Å². The van der Waals surface area contributed by atoms with Crippen LogP contribution < -0.4 is 9.47 Å². The van der Waals surface area contributed by atoms with Gasteiger partial charge >= 0.3 is 0 Å². The molecule has 0 radical (unpaired) electrons. The van der Waals surface area contributed by atoms with Gasteiger partial charge in [-0.15, -0.1) is 0 Å². The quantitative estimate of drug-likeness (QED) is 0.710. The number of hydrogen-bond donors (Lipinski definition) is 0. The molecule has 1 fully saturated rings. The highest BCUT2D eigenvalue weighted by atomic mass is 19.1. The van der Waals surface area contributed by atoms with Gasteiger partial charge in [-0.25, -0.2) is 4.39 Å². The highest BCUT2D eigenvalue weighted by Gasteiger charge is 2.16. The smallest absolute Gasteiger partial charge is 0.253 e. The fraction of sp³-hybridized carbons (Fsp3) is 0.381. The number of amides is 1. The van der Waals surface area contributed by atoms with Crippen LogP contribution in [0, 0.1) is 5.82 Å². The molecule has 0 saturated carbocycles. The summed E-state index contributed by atoms with van der Waals surface area (Å²) in [4.78, 5) is 14.1. The van der Waals surface area contributed by atoms with Crippen molar-refractivity contribution in [1.82, 2.24) is 4.90 Å². The van der Waals surface area contributed by atoms with Crippen molar-refractivity contribution >= 4 is 5.91 Å². The third kappa shape index (κ3) is 5.69. The van der Waals surface area contributed by atoms with Crippen molar-refractivity contribution in [2.75, 3.05) is 33.4 Å². The number of carbonyl (C=O) groups excluding carboxylic acids is 1. The minimum atomic E-state index is -0.308. The maximum absolute atomic E-state index is 12.9. The molecule has 0 aromatic heterocycles. The van der Waals surface area contributed by atoms with Crippen molar-refractivity contribution in [3.05, 3.63) is 59.9 Å². The van der Waals surface area contributed by atoms with Crippen LogP contribution in [0.4, 0.5) is 4.39 Å². The van der Waals surface area contributed by atoms with E-state index in [1.165, 1.54) is 12.1 Å². The zero-order valence-corrected chi connectivity index (χ0v) is 15.4. The molecule has 1 aliphatic heterocycles. The van der Waals surface area contributed by atoms with Gasteiger partial charge in [0.2, 0.25) is 0 Å². The van der Waals surface area contributed by atoms with Gasteiger partial charge < -0.3 is 19.1 Å². The molecule has 1 aliphatic rings. The lowest BCUT2D eigenvalue weighted by Gasteiger charge is -2.18. The monoisotopic (exact) mass is 373 g/mol. The number of hydrogen-bond acceptors (Lipinski definition) is 4. The van der Waals surface area contributed by atoms with E-state index in [1.807, 2.05) is 0 Å². The molecule has 1 atom stereocenters. The first kappa shape index (κ1) is 19.2.